The van der Waals surface area contributed by atoms with Crippen molar-refractivity contribution in [2.45, 2.75) is 52.0 Å². The van der Waals surface area contributed by atoms with Gasteiger partial charge in [0.1, 0.15) is 0 Å². The van der Waals surface area contributed by atoms with E-state index >= 15 is 0 Å². The maximum atomic E-state index is 12.5. The molecule has 30 heavy (non-hydrogen) atoms. The molecule has 4 aliphatic carbocycles. The monoisotopic (exact) mass is 409 g/mol. The highest BCUT2D eigenvalue weighted by Crippen LogP contribution is 2.62. The van der Waals surface area contributed by atoms with Crippen molar-refractivity contribution in [2.24, 2.45) is 28.9 Å². The molecule has 4 fully saturated rings. The molecule has 4 aliphatic rings. The van der Waals surface area contributed by atoms with Crippen molar-refractivity contribution in [3.05, 3.63) is 47.0 Å². The molecule has 4 N–H and O–H groups in total. The molecule has 4 bridgehead atoms. The number of benzene rings is 1. The molecule has 1 aromatic carbocycles. The Hall–Kier alpha value is -2.63. The van der Waals surface area contributed by atoms with Gasteiger partial charge in [-0.3, -0.25) is 14.4 Å². The van der Waals surface area contributed by atoms with Gasteiger partial charge in [0.05, 0.1) is 6.54 Å². The summed E-state index contributed by atoms with van der Waals surface area (Å²) in [7, 11) is 0. The van der Waals surface area contributed by atoms with E-state index in [1.807, 2.05) is 6.08 Å². The van der Waals surface area contributed by atoms with Crippen LogP contribution in [0.1, 0.15) is 61.4 Å². The lowest BCUT2D eigenvalue weighted by atomic mass is 9.48. The fourth-order valence-corrected chi connectivity index (χ4v) is 6.23. The molecule has 3 amide bonds. The first-order valence-electron chi connectivity index (χ1n) is 10.9. The number of carbonyl (C=O) groups excluding carboxylic acids is 3. The van der Waals surface area contributed by atoms with Gasteiger partial charge in [-0.15, -0.1) is 0 Å². The van der Waals surface area contributed by atoms with Crippen molar-refractivity contribution in [2.75, 3.05) is 6.54 Å². The zero-order valence-corrected chi connectivity index (χ0v) is 17.6. The van der Waals surface area contributed by atoms with E-state index in [2.05, 4.69) is 17.6 Å². The Morgan fingerprint density at radius 3 is 2.10 bits per heavy atom. The minimum atomic E-state index is -0.584. The van der Waals surface area contributed by atoms with E-state index < -0.39 is 5.91 Å². The Bertz CT molecular complexity index is 837. The van der Waals surface area contributed by atoms with Crippen LogP contribution in [0, 0.1) is 23.2 Å². The highest BCUT2D eigenvalue weighted by Gasteiger charge is 2.51. The normalized spacial score (nSPS) is 29.5. The molecular formula is C24H31N3O3. The molecular weight excluding hydrogens is 378 g/mol. The van der Waals surface area contributed by atoms with Gasteiger partial charge in [-0.05, 0) is 86.3 Å². The molecule has 0 aliphatic heterocycles. The summed E-state index contributed by atoms with van der Waals surface area (Å²) in [6.07, 6.45) is 9.79. The maximum Gasteiger partial charge on any atom is 0.251 e. The van der Waals surface area contributed by atoms with Gasteiger partial charge in [-0.1, -0.05) is 17.7 Å². The van der Waals surface area contributed by atoms with Crippen molar-refractivity contribution in [3.8, 4) is 0 Å². The van der Waals surface area contributed by atoms with E-state index in [9.17, 15) is 14.4 Å². The lowest BCUT2D eigenvalue weighted by Crippen LogP contribution is -2.46. The van der Waals surface area contributed by atoms with Crippen LogP contribution in [0.2, 0.25) is 0 Å². The summed E-state index contributed by atoms with van der Waals surface area (Å²) in [6.45, 7) is 2.37. The number of hydrogen-bond acceptors (Lipinski definition) is 3. The molecule has 5 rings (SSSR count). The fourth-order valence-electron chi connectivity index (χ4n) is 6.23. The second-order valence-electron chi connectivity index (χ2n) is 9.59. The van der Waals surface area contributed by atoms with Gasteiger partial charge in [-0.25, -0.2) is 0 Å². The molecule has 4 saturated carbocycles. The van der Waals surface area contributed by atoms with Crippen molar-refractivity contribution < 1.29 is 14.4 Å². The van der Waals surface area contributed by atoms with Crippen molar-refractivity contribution in [1.29, 1.82) is 0 Å². The van der Waals surface area contributed by atoms with Crippen LogP contribution in [0.15, 0.2) is 35.9 Å². The van der Waals surface area contributed by atoms with Crippen molar-refractivity contribution >= 4 is 17.7 Å². The van der Waals surface area contributed by atoms with Crippen LogP contribution in [0.25, 0.3) is 0 Å². The molecule has 1 aromatic rings. The first kappa shape index (κ1) is 20.6. The molecule has 160 valence electrons. The number of allylic oxidation sites excluding steroid dienone is 1. The lowest BCUT2D eigenvalue weighted by molar-refractivity contribution is -0.117. The predicted molar refractivity (Wildman–Crippen MR) is 114 cm³/mol. The number of primary amides is 1. The van der Waals surface area contributed by atoms with Crippen LogP contribution in [0.3, 0.4) is 0 Å². The van der Waals surface area contributed by atoms with E-state index in [-0.39, 0.29) is 23.8 Å². The van der Waals surface area contributed by atoms with Crippen LogP contribution in [0.4, 0.5) is 0 Å². The van der Waals surface area contributed by atoms with Crippen molar-refractivity contribution in [3.63, 3.8) is 0 Å². The summed E-state index contributed by atoms with van der Waals surface area (Å²) in [5, 5.41) is 5.43. The second-order valence-corrected chi connectivity index (χ2v) is 9.59. The molecule has 0 atom stereocenters. The predicted octanol–water partition coefficient (Wildman–Crippen LogP) is 2.68. The number of nitrogens with two attached hydrogens (primary N) is 1. The molecule has 0 heterocycles. The number of hydrogen-bond donors (Lipinski definition) is 3. The minimum absolute atomic E-state index is 0.0495. The van der Waals surface area contributed by atoms with E-state index in [0.717, 1.165) is 23.3 Å². The Labute approximate surface area is 177 Å². The van der Waals surface area contributed by atoms with E-state index in [4.69, 9.17) is 5.73 Å². The zero-order valence-electron chi connectivity index (χ0n) is 17.6. The summed E-state index contributed by atoms with van der Waals surface area (Å²) < 4.78 is 0. The number of nitrogens with one attached hydrogen (secondary N) is 2. The molecule has 0 spiro atoms. The van der Waals surface area contributed by atoms with E-state index in [1.165, 1.54) is 44.1 Å². The van der Waals surface area contributed by atoms with Gasteiger partial charge >= 0.3 is 0 Å². The quantitative estimate of drug-likeness (QED) is 0.604. The smallest absolute Gasteiger partial charge is 0.251 e. The molecule has 6 heteroatoms. The molecule has 0 unspecified atom stereocenters. The van der Waals surface area contributed by atoms with Gasteiger partial charge in [-0.2, -0.15) is 0 Å². The summed E-state index contributed by atoms with van der Waals surface area (Å²) in [4.78, 5) is 35.2. The fraction of sp³-hybridized carbons (Fsp3) is 0.542. The third kappa shape index (κ3) is 4.42. The lowest BCUT2D eigenvalue weighted by Gasteiger charge is -2.57. The average molecular weight is 410 g/mol. The van der Waals surface area contributed by atoms with Crippen molar-refractivity contribution in [1.82, 2.24) is 10.6 Å². The van der Waals surface area contributed by atoms with Gasteiger partial charge in [0.15, 0.2) is 0 Å². The Balaban J connectivity index is 1.31. The third-order valence-corrected chi connectivity index (χ3v) is 7.33. The van der Waals surface area contributed by atoms with Crippen LogP contribution >= 0.6 is 0 Å². The van der Waals surface area contributed by atoms with Gasteiger partial charge in [0, 0.05) is 18.2 Å². The van der Waals surface area contributed by atoms with Crippen LogP contribution in [0.5, 0.6) is 0 Å². The molecule has 0 radical (unpaired) electrons. The summed E-state index contributed by atoms with van der Waals surface area (Å²) in [6, 6.07) is 6.95. The Morgan fingerprint density at radius 1 is 1.00 bits per heavy atom. The van der Waals surface area contributed by atoms with Crippen LogP contribution in [-0.2, 0) is 16.1 Å². The Kier molecular flexibility index (Phi) is 5.67. The Morgan fingerprint density at radius 2 is 1.57 bits per heavy atom. The highest BCUT2D eigenvalue weighted by atomic mass is 16.2. The average Bonchev–Trinajstić information content (AvgIpc) is 2.70. The van der Waals surface area contributed by atoms with Gasteiger partial charge in [0.2, 0.25) is 11.8 Å². The summed E-state index contributed by atoms with van der Waals surface area (Å²) >= 11 is 0. The first-order chi connectivity index (χ1) is 14.3. The maximum absolute atomic E-state index is 12.5. The number of amides is 3. The van der Waals surface area contributed by atoms with Gasteiger partial charge in [0.25, 0.3) is 5.91 Å². The largest absolute Gasteiger partial charge is 0.368 e. The van der Waals surface area contributed by atoms with Gasteiger partial charge < -0.3 is 16.4 Å². The second kappa shape index (κ2) is 8.25. The third-order valence-electron chi connectivity index (χ3n) is 7.33. The summed E-state index contributed by atoms with van der Waals surface area (Å²) in [5.41, 5.74) is 7.90. The SMILES string of the molecule is C/C(=C/C(=O)NCc1ccc(C(=O)NCC(N)=O)cc1)C12CC3CC(CC(C3)C1)C2. The van der Waals surface area contributed by atoms with Crippen LogP contribution < -0.4 is 16.4 Å². The zero-order chi connectivity index (χ0) is 21.3. The van der Waals surface area contributed by atoms with E-state index in [0.29, 0.717) is 12.1 Å². The molecule has 0 saturated heterocycles. The topological polar surface area (TPSA) is 101 Å². The highest BCUT2D eigenvalue weighted by molar-refractivity contribution is 5.96. The molecule has 0 aromatic heterocycles. The van der Waals surface area contributed by atoms with E-state index in [1.54, 1.807) is 24.3 Å². The standard InChI is InChI=1S/C24H31N3O3/c1-15(24-10-17-7-18(11-24)9-19(8-17)12-24)6-22(29)26-13-16-2-4-20(5-3-16)23(30)27-14-21(25)28/h2-6,17-19H,7-14H2,1H3,(H2,25,28)(H,26,29)(H,27,30)/b15-6-. The molecule has 6 nitrogen and oxygen atoms in total. The number of rotatable bonds is 7. The first-order valence-corrected chi connectivity index (χ1v) is 10.9. The minimum Gasteiger partial charge on any atom is -0.368 e. The number of carbonyl (C=O) groups is 3. The van der Waals surface area contributed by atoms with Crippen LogP contribution in [-0.4, -0.2) is 24.3 Å². The summed E-state index contributed by atoms with van der Waals surface area (Å²) in [5.74, 6) is 1.61.